The Balaban J connectivity index is 3.52. The summed E-state index contributed by atoms with van der Waals surface area (Å²) in [6, 6.07) is 3.05. The molecule has 1 rings (SSSR count). The topological polar surface area (TPSA) is 157 Å². The number of unbranched alkanes of at least 4 members (excludes halogenated alkanes) is 5. The van der Waals surface area contributed by atoms with Crippen molar-refractivity contribution in [2.45, 2.75) is 118 Å². The van der Waals surface area contributed by atoms with Gasteiger partial charge in [0.2, 0.25) is 17.7 Å². The Bertz CT molecular complexity index is 1080. The summed E-state index contributed by atoms with van der Waals surface area (Å²) in [6.07, 6.45) is 4.27. The van der Waals surface area contributed by atoms with Gasteiger partial charge in [0.05, 0.1) is 19.4 Å². The van der Waals surface area contributed by atoms with Crippen LogP contribution < -0.4 is 16.4 Å². The van der Waals surface area contributed by atoms with Crippen molar-refractivity contribution >= 4 is 29.8 Å². The molecule has 11 nitrogen and oxygen atoms in total. The summed E-state index contributed by atoms with van der Waals surface area (Å²) in [6.45, 7) is 13.1. The van der Waals surface area contributed by atoms with E-state index < -0.39 is 53.9 Å². The van der Waals surface area contributed by atoms with Gasteiger partial charge in [-0.25, -0.2) is 4.79 Å². The van der Waals surface area contributed by atoms with Crippen molar-refractivity contribution in [1.29, 1.82) is 0 Å². The number of nitrogens with two attached hydrogens (primary N) is 1. The molecule has 0 heterocycles. The molecule has 0 saturated heterocycles. The lowest BCUT2D eigenvalue weighted by molar-refractivity contribution is -0.144. The van der Waals surface area contributed by atoms with Gasteiger partial charge in [0.15, 0.2) is 0 Å². The second-order valence-electron chi connectivity index (χ2n) is 11.7. The van der Waals surface area contributed by atoms with Crippen molar-refractivity contribution in [1.82, 2.24) is 15.5 Å². The molecule has 43 heavy (non-hydrogen) atoms. The Morgan fingerprint density at radius 1 is 0.977 bits per heavy atom. The molecule has 0 aliphatic rings. The van der Waals surface area contributed by atoms with E-state index in [1.807, 2.05) is 26.0 Å². The van der Waals surface area contributed by atoms with Gasteiger partial charge in [-0.05, 0) is 64.7 Å². The van der Waals surface area contributed by atoms with E-state index in [1.165, 1.54) is 4.90 Å². The van der Waals surface area contributed by atoms with Gasteiger partial charge in [-0.1, -0.05) is 57.2 Å². The van der Waals surface area contributed by atoms with Gasteiger partial charge in [0.1, 0.15) is 17.7 Å². The predicted molar refractivity (Wildman–Crippen MR) is 165 cm³/mol. The molecular formula is C32H52N4O7. The molecule has 2 unspecified atom stereocenters. The zero-order valence-corrected chi connectivity index (χ0v) is 27.0. The molecular weight excluding hydrogens is 552 g/mol. The van der Waals surface area contributed by atoms with E-state index in [0.29, 0.717) is 12.0 Å². The monoisotopic (exact) mass is 604 g/mol. The summed E-state index contributed by atoms with van der Waals surface area (Å²) in [5.41, 5.74) is 6.99. The highest BCUT2D eigenvalue weighted by molar-refractivity contribution is 5.94. The zero-order valence-electron chi connectivity index (χ0n) is 27.0. The van der Waals surface area contributed by atoms with Crippen LogP contribution in [0.4, 0.5) is 4.79 Å². The quantitative estimate of drug-likeness (QED) is 0.166. The van der Waals surface area contributed by atoms with E-state index in [1.54, 1.807) is 33.8 Å². The average molecular weight is 605 g/mol. The number of carbonyl (C=O) groups is 5. The van der Waals surface area contributed by atoms with E-state index in [-0.39, 0.29) is 26.1 Å². The molecule has 0 spiro atoms. The Labute approximate surface area is 256 Å². The van der Waals surface area contributed by atoms with Crippen molar-refractivity contribution < 1.29 is 33.4 Å². The van der Waals surface area contributed by atoms with Crippen LogP contribution in [0.15, 0.2) is 18.2 Å². The van der Waals surface area contributed by atoms with Crippen LogP contribution in [0.1, 0.15) is 109 Å². The minimum atomic E-state index is -1.35. The maximum absolute atomic E-state index is 14.2. The van der Waals surface area contributed by atoms with Crippen molar-refractivity contribution in [2.75, 3.05) is 19.7 Å². The molecule has 242 valence electrons. The normalized spacial score (nSPS) is 12.5. The summed E-state index contributed by atoms with van der Waals surface area (Å²) in [5.74, 6) is -2.37. The maximum Gasteiger partial charge on any atom is 0.408 e. The van der Waals surface area contributed by atoms with Crippen LogP contribution in [-0.2, 0) is 28.7 Å². The molecule has 0 aliphatic carbocycles. The minimum absolute atomic E-state index is 0.0128. The van der Waals surface area contributed by atoms with Gasteiger partial charge >= 0.3 is 12.1 Å². The van der Waals surface area contributed by atoms with Crippen LogP contribution in [-0.4, -0.2) is 66.0 Å². The average Bonchev–Trinajstić information content (AvgIpc) is 2.90. The molecule has 0 saturated carbocycles. The highest BCUT2D eigenvalue weighted by atomic mass is 16.6. The third-order valence-corrected chi connectivity index (χ3v) is 6.86. The third-order valence-electron chi connectivity index (χ3n) is 6.86. The largest absolute Gasteiger partial charge is 0.466 e. The minimum Gasteiger partial charge on any atom is -0.466 e. The smallest absolute Gasteiger partial charge is 0.408 e. The van der Waals surface area contributed by atoms with Crippen LogP contribution in [0.3, 0.4) is 0 Å². The number of rotatable bonds is 18. The fourth-order valence-electron chi connectivity index (χ4n) is 4.62. The van der Waals surface area contributed by atoms with Crippen molar-refractivity contribution in [3.63, 3.8) is 0 Å². The second-order valence-corrected chi connectivity index (χ2v) is 11.7. The number of amides is 4. The van der Waals surface area contributed by atoms with E-state index in [2.05, 4.69) is 17.6 Å². The molecule has 0 aliphatic heterocycles. The molecule has 4 N–H and O–H groups in total. The van der Waals surface area contributed by atoms with E-state index in [9.17, 15) is 24.0 Å². The number of carbonyl (C=O) groups excluding carboxylic acids is 5. The van der Waals surface area contributed by atoms with Gasteiger partial charge in [-0.3, -0.25) is 19.2 Å². The first-order valence-corrected chi connectivity index (χ1v) is 15.3. The maximum atomic E-state index is 14.2. The molecule has 1 aromatic carbocycles. The van der Waals surface area contributed by atoms with Crippen molar-refractivity contribution in [3.8, 4) is 0 Å². The predicted octanol–water partition coefficient (Wildman–Crippen LogP) is 4.37. The molecule has 4 amide bonds. The molecule has 11 heteroatoms. The number of aryl methyl sites for hydroxylation is 1. The summed E-state index contributed by atoms with van der Waals surface area (Å²) < 4.78 is 10.3. The van der Waals surface area contributed by atoms with E-state index in [0.717, 1.165) is 43.2 Å². The lowest BCUT2D eigenvalue weighted by Crippen LogP contribution is -2.54. The number of ether oxygens (including phenoxy) is 2. The highest BCUT2D eigenvalue weighted by Crippen LogP contribution is 2.28. The molecule has 0 fully saturated rings. The SMILES string of the molecule is CCCCCCCCN(C(=O)C(CC(N)=O)NC(=O)OC(C)(C)C)C(C(=O)NCCC(=O)OCC)c1cccc(C)c1C. The number of benzene rings is 1. The number of alkyl carbamates (subject to hydrolysis) is 1. The fraction of sp³-hybridized carbons (Fsp3) is 0.656. The van der Waals surface area contributed by atoms with Crippen LogP contribution >= 0.6 is 0 Å². The first-order valence-electron chi connectivity index (χ1n) is 15.3. The Kier molecular flexibility index (Phi) is 16.4. The highest BCUT2D eigenvalue weighted by Gasteiger charge is 2.37. The lowest BCUT2D eigenvalue weighted by atomic mass is 9.94. The van der Waals surface area contributed by atoms with Crippen LogP contribution in [0.25, 0.3) is 0 Å². The summed E-state index contributed by atoms with van der Waals surface area (Å²) in [7, 11) is 0. The van der Waals surface area contributed by atoms with Gasteiger partial charge in [0, 0.05) is 13.1 Å². The van der Waals surface area contributed by atoms with Crippen LogP contribution in [0.5, 0.6) is 0 Å². The van der Waals surface area contributed by atoms with Crippen molar-refractivity contribution in [3.05, 3.63) is 34.9 Å². The second kappa shape index (κ2) is 18.8. The lowest BCUT2D eigenvalue weighted by Gasteiger charge is -2.35. The molecule has 2 atom stereocenters. The van der Waals surface area contributed by atoms with E-state index in [4.69, 9.17) is 15.2 Å². The number of nitrogens with one attached hydrogen (secondary N) is 2. The fourth-order valence-corrected chi connectivity index (χ4v) is 4.62. The van der Waals surface area contributed by atoms with Crippen LogP contribution in [0.2, 0.25) is 0 Å². The van der Waals surface area contributed by atoms with Gasteiger partial charge < -0.3 is 30.7 Å². The van der Waals surface area contributed by atoms with Crippen molar-refractivity contribution in [2.24, 2.45) is 5.73 Å². The Morgan fingerprint density at radius 2 is 1.63 bits per heavy atom. The Hall–Kier alpha value is -3.63. The first-order chi connectivity index (χ1) is 20.2. The van der Waals surface area contributed by atoms with Crippen LogP contribution in [0, 0.1) is 13.8 Å². The molecule has 1 aromatic rings. The zero-order chi connectivity index (χ0) is 32.6. The summed E-state index contributed by atoms with van der Waals surface area (Å²) in [4.78, 5) is 66.1. The third kappa shape index (κ3) is 13.9. The van der Waals surface area contributed by atoms with Gasteiger partial charge in [-0.2, -0.15) is 0 Å². The number of hydrogen-bond acceptors (Lipinski definition) is 7. The number of nitrogens with zero attached hydrogens (tertiary/aromatic N) is 1. The number of hydrogen-bond donors (Lipinski definition) is 3. The molecule has 0 aromatic heterocycles. The molecule has 0 bridgehead atoms. The Morgan fingerprint density at radius 3 is 2.23 bits per heavy atom. The van der Waals surface area contributed by atoms with Gasteiger partial charge in [-0.15, -0.1) is 0 Å². The molecule has 0 radical (unpaired) electrons. The number of primary amides is 1. The number of esters is 1. The standard InChI is InChI=1S/C32H52N4O7/c1-8-10-11-12-13-14-20-36(30(40)25(21-26(33)37)35-31(41)43-32(5,6)7)28(24-17-15-16-22(3)23(24)4)29(39)34-19-18-27(38)42-9-2/h15-17,25,28H,8-14,18-21H2,1-7H3,(H2,33,37)(H,34,39)(H,35,41). The summed E-state index contributed by atoms with van der Waals surface area (Å²) >= 11 is 0. The first kappa shape index (κ1) is 37.4. The summed E-state index contributed by atoms with van der Waals surface area (Å²) in [5, 5.41) is 5.29. The van der Waals surface area contributed by atoms with E-state index >= 15 is 0 Å². The van der Waals surface area contributed by atoms with Gasteiger partial charge in [0.25, 0.3) is 0 Å².